The molecule has 0 aliphatic carbocycles. The van der Waals surface area contributed by atoms with Gasteiger partial charge in [-0.1, -0.05) is 30.8 Å². The molecule has 4 heterocycles. The maximum Gasteiger partial charge on any atom is 0.246 e. The number of benzene rings is 2. The van der Waals surface area contributed by atoms with E-state index in [0.29, 0.717) is 19.6 Å². The summed E-state index contributed by atoms with van der Waals surface area (Å²) in [5.41, 5.74) is 3.31. The number of anilines is 3. The lowest BCUT2D eigenvalue weighted by atomic mass is 10.0. The fraction of sp³-hybridized carbons (Fsp3) is 0.433. The Bertz CT molecular complexity index is 1370. The van der Waals surface area contributed by atoms with E-state index in [0.717, 1.165) is 79.4 Å². The van der Waals surface area contributed by atoms with E-state index in [1.54, 1.807) is 0 Å². The van der Waals surface area contributed by atoms with Crippen molar-refractivity contribution in [3.8, 4) is 5.75 Å². The molecule has 3 aliphatic heterocycles. The Balaban J connectivity index is 1.38. The Morgan fingerprint density at radius 2 is 1.84 bits per heavy atom. The van der Waals surface area contributed by atoms with Gasteiger partial charge in [0.15, 0.2) is 0 Å². The highest BCUT2D eigenvalue weighted by Gasteiger charge is 2.32. The Morgan fingerprint density at radius 3 is 2.63 bits per heavy atom. The summed E-state index contributed by atoms with van der Waals surface area (Å²) in [4.78, 5) is 31.5. The van der Waals surface area contributed by atoms with Crippen LogP contribution in [0, 0.1) is 0 Å². The minimum atomic E-state index is -0.01000. The molecule has 2 saturated heterocycles. The monoisotopic (exact) mass is 512 g/mol. The third-order valence-electron chi connectivity index (χ3n) is 8.22. The van der Waals surface area contributed by atoms with Crippen molar-refractivity contribution < 1.29 is 9.90 Å². The van der Waals surface area contributed by atoms with Gasteiger partial charge in [0.05, 0.1) is 12.2 Å². The second kappa shape index (κ2) is 10.2. The zero-order valence-electron chi connectivity index (χ0n) is 22.1. The molecule has 2 fully saturated rings. The molecule has 1 atom stereocenters. The van der Waals surface area contributed by atoms with E-state index in [4.69, 9.17) is 9.97 Å². The predicted octanol–water partition coefficient (Wildman–Crippen LogP) is 4.11. The number of aromatic hydroxyl groups is 1. The van der Waals surface area contributed by atoms with Gasteiger partial charge < -0.3 is 24.7 Å². The largest absolute Gasteiger partial charge is 0.508 e. The molecule has 2 aromatic carbocycles. The molecule has 0 spiro atoms. The first-order valence-corrected chi connectivity index (χ1v) is 13.8. The van der Waals surface area contributed by atoms with Crippen LogP contribution in [-0.4, -0.2) is 71.2 Å². The smallest absolute Gasteiger partial charge is 0.246 e. The molecule has 38 heavy (non-hydrogen) atoms. The maximum absolute atomic E-state index is 12.3. The van der Waals surface area contributed by atoms with Crippen LogP contribution in [0.25, 0.3) is 10.8 Å². The summed E-state index contributed by atoms with van der Waals surface area (Å²) in [5.74, 6) is 2.11. The van der Waals surface area contributed by atoms with Crippen LogP contribution in [0.15, 0.2) is 49.1 Å². The summed E-state index contributed by atoms with van der Waals surface area (Å²) < 4.78 is 0. The van der Waals surface area contributed by atoms with Gasteiger partial charge >= 0.3 is 0 Å². The number of phenols is 1. The molecule has 1 N–H and O–H groups in total. The molecule has 1 amide bonds. The quantitative estimate of drug-likeness (QED) is 0.527. The normalized spacial score (nSPS) is 20.0. The van der Waals surface area contributed by atoms with Crippen molar-refractivity contribution in [3.63, 3.8) is 0 Å². The van der Waals surface area contributed by atoms with Gasteiger partial charge in [0, 0.05) is 68.0 Å². The molecule has 0 radical (unpaired) electrons. The van der Waals surface area contributed by atoms with Crippen LogP contribution in [0.1, 0.15) is 37.4 Å². The van der Waals surface area contributed by atoms with E-state index in [9.17, 15) is 9.90 Å². The van der Waals surface area contributed by atoms with Crippen LogP contribution in [0.3, 0.4) is 0 Å². The predicted molar refractivity (Wildman–Crippen MR) is 152 cm³/mol. The third-order valence-corrected chi connectivity index (χ3v) is 8.22. The Kier molecular flexibility index (Phi) is 6.55. The zero-order chi connectivity index (χ0) is 26.2. The van der Waals surface area contributed by atoms with Crippen molar-refractivity contribution in [2.75, 3.05) is 54.0 Å². The van der Waals surface area contributed by atoms with Gasteiger partial charge in [-0.15, -0.1) is 0 Å². The molecular formula is C30H36N6O2. The van der Waals surface area contributed by atoms with Crippen molar-refractivity contribution in [2.45, 2.75) is 45.2 Å². The summed E-state index contributed by atoms with van der Waals surface area (Å²) in [6.45, 7) is 11.4. The summed E-state index contributed by atoms with van der Waals surface area (Å²) >= 11 is 0. The van der Waals surface area contributed by atoms with Gasteiger partial charge in [0.25, 0.3) is 0 Å². The number of amides is 1. The van der Waals surface area contributed by atoms with Crippen LogP contribution < -0.4 is 14.7 Å². The van der Waals surface area contributed by atoms with E-state index in [1.807, 2.05) is 35.2 Å². The Hall–Kier alpha value is -3.81. The van der Waals surface area contributed by atoms with Crippen molar-refractivity contribution in [1.29, 1.82) is 0 Å². The van der Waals surface area contributed by atoms with Crippen molar-refractivity contribution in [3.05, 3.63) is 60.3 Å². The summed E-state index contributed by atoms with van der Waals surface area (Å²) in [7, 11) is 0. The number of fused-ring (bicyclic) bond motifs is 2. The topological polar surface area (TPSA) is 76.0 Å². The second-order valence-corrected chi connectivity index (χ2v) is 10.7. The summed E-state index contributed by atoms with van der Waals surface area (Å²) in [6.07, 6.45) is 5.81. The first-order valence-electron chi connectivity index (χ1n) is 13.8. The number of rotatable bonds is 4. The van der Waals surface area contributed by atoms with E-state index in [2.05, 4.69) is 34.3 Å². The number of carbonyl (C=O) groups excluding carboxylic acids is 1. The summed E-state index contributed by atoms with van der Waals surface area (Å²) in [5, 5.41) is 12.6. The lowest BCUT2D eigenvalue weighted by Crippen LogP contribution is -2.54. The number of aromatic nitrogens is 2. The van der Waals surface area contributed by atoms with Crippen LogP contribution >= 0.6 is 0 Å². The minimum absolute atomic E-state index is 0.01000. The van der Waals surface area contributed by atoms with Crippen LogP contribution in [-0.2, 0) is 17.8 Å². The maximum atomic E-state index is 12.3. The number of piperazine rings is 1. The molecule has 6 rings (SSSR count). The second-order valence-electron chi connectivity index (χ2n) is 10.7. The summed E-state index contributed by atoms with van der Waals surface area (Å²) in [6, 6.07) is 12.1. The highest BCUT2D eigenvalue weighted by Crippen LogP contribution is 2.37. The molecule has 3 aromatic rings. The highest BCUT2D eigenvalue weighted by atomic mass is 16.3. The van der Waals surface area contributed by atoms with E-state index in [-0.39, 0.29) is 17.7 Å². The van der Waals surface area contributed by atoms with Crippen molar-refractivity contribution in [2.24, 2.45) is 0 Å². The van der Waals surface area contributed by atoms with Gasteiger partial charge in [0.1, 0.15) is 11.6 Å². The molecule has 1 aromatic heterocycles. The van der Waals surface area contributed by atoms with Gasteiger partial charge in [-0.25, -0.2) is 4.98 Å². The Labute approximate surface area is 224 Å². The zero-order valence-corrected chi connectivity index (χ0v) is 22.1. The lowest BCUT2D eigenvalue weighted by Gasteiger charge is -2.42. The molecule has 8 nitrogen and oxygen atoms in total. The van der Waals surface area contributed by atoms with Crippen molar-refractivity contribution >= 4 is 34.1 Å². The molecule has 0 saturated carbocycles. The minimum Gasteiger partial charge on any atom is -0.508 e. The SMILES string of the molecule is C=CC(=O)N1CCN(c2nc(N3CCCCC3)nc3c2CCN(c2cc(O)cc4ccccc24)C3)[C@@H](C)C1. The lowest BCUT2D eigenvalue weighted by molar-refractivity contribution is -0.126. The van der Waals surface area contributed by atoms with E-state index < -0.39 is 0 Å². The number of carbonyl (C=O) groups is 1. The molecule has 0 unspecified atom stereocenters. The molecule has 3 aliphatic rings. The van der Waals surface area contributed by atoms with Gasteiger partial charge in [-0.2, -0.15) is 4.98 Å². The first-order chi connectivity index (χ1) is 18.5. The van der Waals surface area contributed by atoms with Gasteiger partial charge in [-0.3, -0.25) is 4.79 Å². The van der Waals surface area contributed by atoms with E-state index in [1.165, 1.54) is 18.1 Å². The average Bonchev–Trinajstić information content (AvgIpc) is 2.95. The van der Waals surface area contributed by atoms with Crippen LogP contribution in [0.2, 0.25) is 0 Å². The first kappa shape index (κ1) is 24.5. The number of phenolic OH excluding ortho intramolecular Hbond substituents is 1. The van der Waals surface area contributed by atoms with Crippen LogP contribution in [0.5, 0.6) is 5.75 Å². The number of piperidine rings is 1. The van der Waals surface area contributed by atoms with Crippen molar-refractivity contribution in [1.82, 2.24) is 14.9 Å². The Morgan fingerprint density at radius 1 is 1.03 bits per heavy atom. The standard InChI is InChI=1S/C30H36N6O2/c1-3-28(38)35-15-16-36(21(2)19-35)29-25-11-14-34(27-18-23(37)17-22-9-5-6-10-24(22)27)20-26(25)31-30(32-29)33-12-7-4-8-13-33/h3,5-6,9-10,17-18,21,37H,1,4,7-8,11-16,19-20H2,2H3/t21-/m0/s1. The van der Waals surface area contributed by atoms with E-state index >= 15 is 0 Å². The fourth-order valence-corrected chi connectivity index (χ4v) is 6.21. The molecule has 198 valence electrons. The fourth-order valence-electron chi connectivity index (χ4n) is 6.21. The molecule has 8 heteroatoms. The molecular weight excluding hydrogens is 476 g/mol. The average molecular weight is 513 g/mol. The molecule has 0 bridgehead atoms. The van der Waals surface area contributed by atoms with Crippen LogP contribution in [0.4, 0.5) is 17.5 Å². The number of hydrogen-bond acceptors (Lipinski definition) is 7. The third kappa shape index (κ3) is 4.52. The highest BCUT2D eigenvalue weighted by molar-refractivity contribution is 5.95. The number of nitrogens with zero attached hydrogens (tertiary/aromatic N) is 6. The van der Waals surface area contributed by atoms with Gasteiger partial charge in [-0.05, 0) is 50.1 Å². The van der Waals surface area contributed by atoms with Gasteiger partial charge in [0.2, 0.25) is 11.9 Å². The number of hydrogen-bond donors (Lipinski definition) is 1.